The van der Waals surface area contributed by atoms with Crippen LogP contribution < -0.4 is 0 Å². The van der Waals surface area contributed by atoms with Gasteiger partial charge >= 0.3 is 11.9 Å². The van der Waals surface area contributed by atoms with Gasteiger partial charge in [-0.15, -0.1) is 0 Å². The molecule has 0 radical (unpaired) electrons. The molecule has 2 aromatic carbocycles. The predicted octanol–water partition coefficient (Wildman–Crippen LogP) is 3.52. The van der Waals surface area contributed by atoms with Crippen molar-refractivity contribution in [2.24, 2.45) is 0 Å². The summed E-state index contributed by atoms with van der Waals surface area (Å²) in [6, 6.07) is 17.1. The zero-order valence-corrected chi connectivity index (χ0v) is 13.6. The van der Waals surface area contributed by atoms with Crippen molar-refractivity contribution in [3.05, 3.63) is 83.4 Å². The third-order valence-electron chi connectivity index (χ3n) is 3.46. The molecule has 0 spiro atoms. The molecule has 5 nitrogen and oxygen atoms in total. The SMILES string of the molecule is O=C(O)/C=C(\CCCOC(=O)c1ccccc1)C(=O)c1ccccc1. The quantitative estimate of drug-likeness (QED) is 0.345. The van der Waals surface area contributed by atoms with Crippen LogP contribution in [0.15, 0.2) is 72.3 Å². The monoisotopic (exact) mass is 338 g/mol. The van der Waals surface area contributed by atoms with Crippen LogP contribution in [-0.4, -0.2) is 29.4 Å². The molecule has 0 aromatic heterocycles. The summed E-state index contributed by atoms with van der Waals surface area (Å²) in [5.74, 6) is -1.96. The van der Waals surface area contributed by atoms with Crippen LogP contribution in [0.25, 0.3) is 0 Å². The van der Waals surface area contributed by atoms with Crippen molar-refractivity contribution >= 4 is 17.7 Å². The Morgan fingerprint density at radius 1 is 0.880 bits per heavy atom. The Balaban J connectivity index is 1.92. The molecular weight excluding hydrogens is 320 g/mol. The van der Waals surface area contributed by atoms with E-state index in [1.165, 1.54) is 0 Å². The summed E-state index contributed by atoms with van der Waals surface area (Å²) in [6.45, 7) is 0.104. The third kappa shape index (κ3) is 5.73. The van der Waals surface area contributed by atoms with Gasteiger partial charge in [-0.05, 0) is 25.0 Å². The first-order valence-corrected chi connectivity index (χ1v) is 7.83. The Kier molecular flexibility index (Phi) is 6.65. The minimum atomic E-state index is -1.18. The number of hydrogen-bond donors (Lipinski definition) is 1. The van der Waals surface area contributed by atoms with Gasteiger partial charge in [0.15, 0.2) is 5.78 Å². The van der Waals surface area contributed by atoms with Crippen molar-refractivity contribution in [1.29, 1.82) is 0 Å². The number of carboxylic acids is 1. The number of ether oxygens (including phenoxy) is 1. The first kappa shape index (κ1) is 18.1. The molecule has 2 aromatic rings. The number of carbonyl (C=O) groups is 3. The first-order chi connectivity index (χ1) is 12.1. The molecule has 0 aliphatic carbocycles. The van der Waals surface area contributed by atoms with Crippen LogP contribution in [0.4, 0.5) is 0 Å². The minimum Gasteiger partial charge on any atom is -0.478 e. The molecular formula is C20H18O5. The fraction of sp³-hybridized carbons (Fsp3) is 0.150. The van der Waals surface area contributed by atoms with Crippen molar-refractivity contribution < 1.29 is 24.2 Å². The number of aliphatic carboxylic acids is 1. The van der Waals surface area contributed by atoms with Crippen molar-refractivity contribution in [3.8, 4) is 0 Å². The molecule has 0 bridgehead atoms. The number of Topliss-reactive ketones (excluding diaryl/α,β-unsaturated/α-hetero) is 1. The lowest BCUT2D eigenvalue weighted by Gasteiger charge is -2.07. The maximum Gasteiger partial charge on any atom is 0.338 e. The molecule has 0 aliphatic rings. The fourth-order valence-corrected chi connectivity index (χ4v) is 2.26. The molecule has 5 heteroatoms. The van der Waals surface area contributed by atoms with Gasteiger partial charge in [0.05, 0.1) is 12.2 Å². The lowest BCUT2D eigenvalue weighted by Crippen LogP contribution is -2.09. The van der Waals surface area contributed by atoms with Crippen LogP contribution in [-0.2, 0) is 9.53 Å². The highest BCUT2D eigenvalue weighted by molar-refractivity contribution is 6.11. The van der Waals surface area contributed by atoms with Crippen molar-refractivity contribution in [1.82, 2.24) is 0 Å². The van der Waals surface area contributed by atoms with Crippen LogP contribution in [0.3, 0.4) is 0 Å². The lowest BCUT2D eigenvalue weighted by atomic mass is 9.99. The summed E-state index contributed by atoms with van der Waals surface area (Å²) in [5, 5.41) is 8.96. The molecule has 0 unspecified atom stereocenters. The van der Waals surface area contributed by atoms with E-state index in [0.717, 1.165) is 6.08 Å². The first-order valence-electron chi connectivity index (χ1n) is 7.83. The van der Waals surface area contributed by atoms with E-state index in [2.05, 4.69) is 0 Å². The smallest absolute Gasteiger partial charge is 0.338 e. The second-order valence-electron chi connectivity index (χ2n) is 5.31. The molecule has 1 N–H and O–H groups in total. The van der Waals surface area contributed by atoms with Crippen molar-refractivity contribution in [3.63, 3.8) is 0 Å². The number of allylic oxidation sites excluding steroid dienone is 1. The molecule has 0 saturated carbocycles. The van der Waals surface area contributed by atoms with E-state index in [9.17, 15) is 14.4 Å². The van der Waals surface area contributed by atoms with Gasteiger partial charge < -0.3 is 9.84 Å². The molecule has 0 atom stereocenters. The number of esters is 1. The van der Waals surface area contributed by atoms with Crippen LogP contribution >= 0.6 is 0 Å². The van der Waals surface area contributed by atoms with E-state index in [1.807, 2.05) is 0 Å². The van der Waals surface area contributed by atoms with Crippen molar-refractivity contribution in [2.75, 3.05) is 6.61 Å². The van der Waals surface area contributed by atoms with Gasteiger partial charge in [-0.25, -0.2) is 9.59 Å². The molecule has 0 aliphatic heterocycles. The van der Waals surface area contributed by atoms with Crippen LogP contribution in [0.2, 0.25) is 0 Å². The second kappa shape index (κ2) is 9.17. The maximum absolute atomic E-state index is 12.4. The maximum atomic E-state index is 12.4. The van der Waals surface area contributed by atoms with E-state index < -0.39 is 11.9 Å². The number of hydrogen-bond acceptors (Lipinski definition) is 4. The van der Waals surface area contributed by atoms with Gasteiger partial charge in [0.25, 0.3) is 0 Å². The van der Waals surface area contributed by atoms with E-state index >= 15 is 0 Å². The van der Waals surface area contributed by atoms with Gasteiger partial charge in [0, 0.05) is 17.2 Å². The zero-order valence-electron chi connectivity index (χ0n) is 13.6. The largest absolute Gasteiger partial charge is 0.478 e. The highest BCUT2D eigenvalue weighted by Gasteiger charge is 2.14. The number of ketones is 1. The highest BCUT2D eigenvalue weighted by atomic mass is 16.5. The number of benzene rings is 2. The number of carbonyl (C=O) groups excluding carboxylic acids is 2. The summed E-state index contributed by atoms with van der Waals surface area (Å²) in [7, 11) is 0. The van der Waals surface area contributed by atoms with Crippen LogP contribution in [0.1, 0.15) is 33.6 Å². The van der Waals surface area contributed by atoms with Gasteiger partial charge in [-0.3, -0.25) is 4.79 Å². The fourth-order valence-electron chi connectivity index (χ4n) is 2.26. The van der Waals surface area contributed by atoms with E-state index in [0.29, 0.717) is 17.5 Å². The molecule has 128 valence electrons. The van der Waals surface area contributed by atoms with E-state index in [1.54, 1.807) is 60.7 Å². The Morgan fingerprint density at radius 2 is 1.44 bits per heavy atom. The topological polar surface area (TPSA) is 80.7 Å². The number of carboxylic acid groups (broad SMARTS) is 1. The average Bonchev–Trinajstić information content (AvgIpc) is 2.64. The van der Waals surface area contributed by atoms with E-state index in [4.69, 9.17) is 9.84 Å². The molecule has 0 saturated heterocycles. The summed E-state index contributed by atoms with van der Waals surface area (Å²) < 4.78 is 5.14. The second-order valence-corrected chi connectivity index (χ2v) is 5.31. The zero-order chi connectivity index (χ0) is 18.1. The van der Waals surface area contributed by atoms with Crippen molar-refractivity contribution in [2.45, 2.75) is 12.8 Å². The van der Waals surface area contributed by atoms with E-state index in [-0.39, 0.29) is 24.4 Å². The van der Waals surface area contributed by atoms with Gasteiger partial charge in [0.1, 0.15) is 0 Å². The molecule has 2 rings (SSSR count). The van der Waals surface area contributed by atoms with Crippen LogP contribution in [0.5, 0.6) is 0 Å². The Hall–Kier alpha value is -3.21. The Morgan fingerprint density at radius 3 is 2.00 bits per heavy atom. The Labute approximate surface area is 145 Å². The summed E-state index contributed by atoms with van der Waals surface area (Å²) in [5.41, 5.74) is 1.05. The highest BCUT2D eigenvalue weighted by Crippen LogP contribution is 2.14. The summed E-state index contributed by atoms with van der Waals surface area (Å²) >= 11 is 0. The molecule has 0 fully saturated rings. The van der Waals surface area contributed by atoms with Gasteiger partial charge in [-0.1, -0.05) is 48.5 Å². The predicted molar refractivity (Wildman–Crippen MR) is 92.4 cm³/mol. The third-order valence-corrected chi connectivity index (χ3v) is 3.46. The van der Waals surface area contributed by atoms with Gasteiger partial charge in [0.2, 0.25) is 0 Å². The standard InChI is InChI=1S/C20H18O5/c21-18(22)14-17(19(23)15-8-3-1-4-9-15)12-7-13-25-20(24)16-10-5-2-6-11-16/h1-6,8-11,14H,7,12-13H2,(H,21,22)/b17-14+. The Bertz CT molecular complexity index is 763. The lowest BCUT2D eigenvalue weighted by molar-refractivity contribution is -0.131. The molecule has 0 amide bonds. The molecule has 0 heterocycles. The van der Waals surface area contributed by atoms with Crippen LogP contribution in [0, 0.1) is 0 Å². The summed E-state index contributed by atoms with van der Waals surface area (Å²) in [4.78, 5) is 35.2. The minimum absolute atomic E-state index is 0.104. The normalized spacial score (nSPS) is 11.0. The molecule has 25 heavy (non-hydrogen) atoms. The number of rotatable bonds is 8. The summed E-state index contributed by atoms with van der Waals surface area (Å²) in [6.07, 6.45) is 1.48. The average molecular weight is 338 g/mol. The van der Waals surface area contributed by atoms with Gasteiger partial charge in [-0.2, -0.15) is 0 Å².